The van der Waals surface area contributed by atoms with Crippen LogP contribution in [0.15, 0.2) is 12.4 Å². The standard InChI is InChI=1S/C13H22N4O/c1-10(2)17-5-4-11(8-17)6-14-13(18)12-7-15-16(3)9-12/h7,9-11H,4-6,8H2,1-3H3,(H,14,18)/t11-/m1/s1. The van der Waals surface area contributed by atoms with Crippen LogP contribution in [-0.4, -0.2) is 46.3 Å². The first-order chi connectivity index (χ1) is 8.56. The molecule has 5 nitrogen and oxygen atoms in total. The third kappa shape index (κ3) is 3.10. The number of hydrogen-bond acceptors (Lipinski definition) is 3. The van der Waals surface area contributed by atoms with Gasteiger partial charge in [-0.2, -0.15) is 5.10 Å². The lowest BCUT2D eigenvalue weighted by molar-refractivity contribution is 0.0947. The van der Waals surface area contributed by atoms with E-state index in [1.54, 1.807) is 17.1 Å². The Kier molecular flexibility index (Phi) is 4.01. The molecule has 2 heterocycles. The van der Waals surface area contributed by atoms with Crippen molar-refractivity contribution in [1.29, 1.82) is 0 Å². The zero-order chi connectivity index (χ0) is 13.1. The molecule has 0 unspecified atom stereocenters. The maximum absolute atomic E-state index is 11.9. The fraction of sp³-hybridized carbons (Fsp3) is 0.692. The molecule has 5 heteroatoms. The monoisotopic (exact) mass is 250 g/mol. The van der Waals surface area contributed by atoms with Crippen LogP contribution in [0, 0.1) is 5.92 Å². The van der Waals surface area contributed by atoms with Crippen LogP contribution < -0.4 is 5.32 Å². The van der Waals surface area contributed by atoms with Gasteiger partial charge in [0.1, 0.15) is 0 Å². The Bertz CT molecular complexity index is 413. The molecule has 0 aromatic carbocycles. The van der Waals surface area contributed by atoms with Crippen molar-refractivity contribution in [2.45, 2.75) is 26.3 Å². The third-order valence-corrected chi connectivity index (χ3v) is 3.57. The number of carbonyl (C=O) groups is 1. The summed E-state index contributed by atoms with van der Waals surface area (Å²) in [6.45, 7) is 7.43. The zero-order valence-electron chi connectivity index (χ0n) is 11.4. The highest BCUT2D eigenvalue weighted by molar-refractivity contribution is 5.93. The highest BCUT2D eigenvalue weighted by Gasteiger charge is 2.24. The van der Waals surface area contributed by atoms with E-state index >= 15 is 0 Å². The number of carbonyl (C=O) groups excluding carboxylic acids is 1. The lowest BCUT2D eigenvalue weighted by Crippen LogP contribution is -2.32. The molecular weight excluding hydrogens is 228 g/mol. The van der Waals surface area contributed by atoms with Crippen LogP contribution in [0.1, 0.15) is 30.6 Å². The molecule has 100 valence electrons. The zero-order valence-corrected chi connectivity index (χ0v) is 11.4. The Morgan fingerprint density at radius 3 is 2.94 bits per heavy atom. The second-order valence-electron chi connectivity index (χ2n) is 5.36. The first-order valence-electron chi connectivity index (χ1n) is 6.57. The molecule has 1 aliphatic rings. The number of aryl methyl sites for hydroxylation is 1. The summed E-state index contributed by atoms with van der Waals surface area (Å²) in [6.07, 6.45) is 4.51. The summed E-state index contributed by atoms with van der Waals surface area (Å²) in [6, 6.07) is 0.601. The van der Waals surface area contributed by atoms with Crippen molar-refractivity contribution in [1.82, 2.24) is 20.0 Å². The summed E-state index contributed by atoms with van der Waals surface area (Å²) in [5.41, 5.74) is 0.635. The van der Waals surface area contributed by atoms with E-state index in [4.69, 9.17) is 0 Å². The quantitative estimate of drug-likeness (QED) is 0.863. The summed E-state index contributed by atoms with van der Waals surface area (Å²) in [5, 5.41) is 7.00. The van der Waals surface area contributed by atoms with Crippen LogP contribution in [0.3, 0.4) is 0 Å². The lowest BCUT2D eigenvalue weighted by atomic mass is 10.1. The molecule has 1 aromatic rings. The Balaban J connectivity index is 1.77. The number of aromatic nitrogens is 2. The average molecular weight is 250 g/mol. The van der Waals surface area contributed by atoms with Crippen molar-refractivity contribution in [3.63, 3.8) is 0 Å². The highest BCUT2D eigenvalue weighted by atomic mass is 16.1. The van der Waals surface area contributed by atoms with E-state index in [-0.39, 0.29) is 5.91 Å². The van der Waals surface area contributed by atoms with Gasteiger partial charge in [0, 0.05) is 32.4 Å². The summed E-state index contributed by atoms with van der Waals surface area (Å²) in [7, 11) is 1.81. The minimum Gasteiger partial charge on any atom is -0.352 e. The van der Waals surface area contributed by atoms with Crippen molar-refractivity contribution < 1.29 is 4.79 Å². The summed E-state index contributed by atoms with van der Waals surface area (Å²) in [4.78, 5) is 14.3. The van der Waals surface area contributed by atoms with Gasteiger partial charge in [-0.15, -0.1) is 0 Å². The number of rotatable bonds is 4. The van der Waals surface area contributed by atoms with E-state index in [0.717, 1.165) is 19.6 Å². The number of hydrogen-bond donors (Lipinski definition) is 1. The Labute approximate surface area is 108 Å². The fourth-order valence-corrected chi connectivity index (χ4v) is 2.38. The minimum absolute atomic E-state index is 0.0221. The number of nitrogens with one attached hydrogen (secondary N) is 1. The summed E-state index contributed by atoms with van der Waals surface area (Å²) < 4.78 is 1.64. The average Bonchev–Trinajstić information content (AvgIpc) is 2.94. The van der Waals surface area contributed by atoms with Crippen LogP contribution >= 0.6 is 0 Å². The lowest BCUT2D eigenvalue weighted by Gasteiger charge is -2.20. The molecule has 1 N–H and O–H groups in total. The van der Waals surface area contributed by atoms with Crippen molar-refractivity contribution in [2.75, 3.05) is 19.6 Å². The van der Waals surface area contributed by atoms with Gasteiger partial charge in [-0.25, -0.2) is 0 Å². The third-order valence-electron chi connectivity index (χ3n) is 3.57. The molecule has 2 rings (SSSR count). The van der Waals surface area contributed by atoms with Crippen molar-refractivity contribution >= 4 is 5.91 Å². The van der Waals surface area contributed by atoms with Gasteiger partial charge in [0.05, 0.1) is 11.8 Å². The summed E-state index contributed by atoms with van der Waals surface area (Å²) >= 11 is 0. The molecular formula is C13H22N4O. The molecule has 1 fully saturated rings. The molecule has 1 aliphatic heterocycles. The van der Waals surface area contributed by atoms with E-state index in [0.29, 0.717) is 17.5 Å². The molecule has 0 bridgehead atoms. The van der Waals surface area contributed by atoms with Crippen LogP contribution in [0.5, 0.6) is 0 Å². The molecule has 1 amide bonds. The van der Waals surface area contributed by atoms with Gasteiger partial charge < -0.3 is 10.2 Å². The second-order valence-corrected chi connectivity index (χ2v) is 5.36. The molecule has 0 spiro atoms. The molecule has 0 radical (unpaired) electrons. The minimum atomic E-state index is -0.0221. The van der Waals surface area contributed by atoms with Crippen molar-refractivity contribution in [3.8, 4) is 0 Å². The van der Waals surface area contributed by atoms with E-state index in [1.807, 2.05) is 7.05 Å². The maximum Gasteiger partial charge on any atom is 0.254 e. The molecule has 18 heavy (non-hydrogen) atoms. The van der Waals surface area contributed by atoms with Crippen LogP contribution in [-0.2, 0) is 7.05 Å². The van der Waals surface area contributed by atoms with Gasteiger partial charge in [0.15, 0.2) is 0 Å². The topological polar surface area (TPSA) is 50.2 Å². The van der Waals surface area contributed by atoms with Crippen molar-refractivity contribution in [2.24, 2.45) is 13.0 Å². The first kappa shape index (κ1) is 13.1. The van der Waals surface area contributed by atoms with Crippen LogP contribution in [0.2, 0.25) is 0 Å². The molecule has 1 saturated heterocycles. The smallest absolute Gasteiger partial charge is 0.254 e. The van der Waals surface area contributed by atoms with E-state index in [1.165, 1.54) is 6.42 Å². The second kappa shape index (κ2) is 5.52. The SMILES string of the molecule is CC(C)N1CC[C@H](CNC(=O)c2cnn(C)c2)C1. The Hall–Kier alpha value is -1.36. The molecule has 1 atom stereocenters. The van der Waals surface area contributed by atoms with E-state index < -0.39 is 0 Å². The van der Waals surface area contributed by atoms with Gasteiger partial charge in [0.2, 0.25) is 0 Å². The normalized spacial score (nSPS) is 20.6. The molecule has 0 saturated carbocycles. The number of nitrogens with zero attached hydrogens (tertiary/aromatic N) is 3. The van der Waals surface area contributed by atoms with Gasteiger partial charge in [-0.05, 0) is 32.7 Å². The predicted octanol–water partition coefficient (Wildman–Crippen LogP) is 0.880. The first-order valence-corrected chi connectivity index (χ1v) is 6.57. The van der Waals surface area contributed by atoms with Gasteiger partial charge in [-0.3, -0.25) is 9.48 Å². The van der Waals surface area contributed by atoms with Gasteiger partial charge in [-0.1, -0.05) is 0 Å². The van der Waals surface area contributed by atoms with Gasteiger partial charge >= 0.3 is 0 Å². The largest absolute Gasteiger partial charge is 0.352 e. The molecule has 0 aliphatic carbocycles. The van der Waals surface area contributed by atoms with Crippen molar-refractivity contribution in [3.05, 3.63) is 18.0 Å². The highest BCUT2D eigenvalue weighted by Crippen LogP contribution is 2.17. The van der Waals surface area contributed by atoms with Crippen LogP contribution in [0.4, 0.5) is 0 Å². The Morgan fingerprint density at radius 2 is 2.39 bits per heavy atom. The van der Waals surface area contributed by atoms with Crippen LogP contribution in [0.25, 0.3) is 0 Å². The van der Waals surface area contributed by atoms with Gasteiger partial charge in [0.25, 0.3) is 5.91 Å². The van der Waals surface area contributed by atoms with E-state index in [2.05, 4.69) is 29.2 Å². The van der Waals surface area contributed by atoms with E-state index in [9.17, 15) is 4.79 Å². The Morgan fingerprint density at radius 1 is 1.61 bits per heavy atom. The number of amides is 1. The fourth-order valence-electron chi connectivity index (χ4n) is 2.38. The summed E-state index contributed by atoms with van der Waals surface area (Å²) in [5.74, 6) is 0.555. The molecule has 1 aromatic heterocycles. The maximum atomic E-state index is 11.9. The number of likely N-dealkylation sites (tertiary alicyclic amines) is 1. The predicted molar refractivity (Wildman–Crippen MR) is 70.4 cm³/mol.